The van der Waals surface area contributed by atoms with Crippen LogP contribution in [0.5, 0.6) is 0 Å². The Morgan fingerprint density at radius 1 is 1.38 bits per heavy atom. The highest BCUT2D eigenvalue weighted by Gasteiger charge is 2.27. The van der Waals surface area contributed by atoms with Gasteiger partial charge in [0.15, 0.2) is 0 Å². The van der Waals surface area contributed by atoms with Crippen LogP contribution in [0.2, 0.25) is 5.02 Å². The molecule has 4 aromatic rings. The third kappa shape index (κ3) is 2.12. The molecule has 3 aromatic heterocycles. The number of hydrogen-bond acceptors (Lipinski definition) is 6. The third-order valence-corrected chi connectivity index (χ3v) is 5.01. The molecule has 0 bridgehead atoms. The molecule has 1 aliphatic rings. The number of hydrogen-bond donors (Lipinski definition) is 0. The average Bonchev–Trinajstić information content (AvgIpc) is 3.38. The molecule has 1 aliphatic heterocycles. The van der Waals surface area contributed by atoms with Crippen molar-refractivity contribution in [1.82, 2.24) is 19.5 Å². The minimum Gasteiger partial charge on any atom is -0.618 e. The summed E-state index contributed by atoms with van der Waals surface area (Å²) < 4.78 is 13.6. The predicted molar refractivity (Wildman–Crippen MR) is 92.6 cm³/mol. The molecular weight excluding hydrogens is 358 g/mol. The summed E-state index contributed by atoms with van der Waals surface area (Å²) in [7, 11) is 0. The van der Waals surface area contributed by atoms with Gasteiger partial charge in [0, 0.05) is 13.5 Å². The number of para-hydroxylation sites is 1. The van der Waals surface area contributed by atoms with Gasteiger partial charge in [-0.05, 0) is 25.0 Å². The van der Waals surface area contributed by atoms with Crippen LogP contribution >= 0.6 is 11.6 Å². The fourth-order valence-corrected chi connectivity index (χ4v) is 3.68. The molecule has 132 valence electrons. The summed E-state index contributed by atoms with van der Waals surface area (Å²) in [4.78, 5) is 8.87. The van der Waals surface area contributed by atoms with Crippen LogP contribution in [0.3, 0.4) is 0 Å². The highest BCUT2D eigenvalue weighted by atomic mass is 35.5. The summed E-state index contributed by atoms with van der Waals surface area (Å²) >= 11 is 6.23. The van der Waals surface area contributed by atoms with E-state index >= 15 is 0 Å². The third-order valence-electron chi connectivity index (χ3n) is 4.70. The molecule has 1 aromatic carbocycles. The van der Waals surface area contributed by atoms with E-state index in [1.54, 1.807) is 25.4 Å². The fourth-order valence-electron chi connectivity index (χ4n) is 3.44. The second kappa shape index (κ2) is 5.65. The minimum atomic E-state index is -0.171. The lowest BCUT2D eigenvalue weighted by molar-refractivity contribution is -0.583. The first kappa shape index (κ1) is 15.5. The largest absolute Gasteiger partial charge is 0.618 e. The Morgan fingerprint density at radius 2 is 2.27 bits per heavy atom. The van der Waals surface area contributed by atoms with Gasteiger partial charge >= 0.3 is 0 Å². The van der Waals surface area contributed by atoms with E-state index < -0.39 is 0 Å². The maximum atomic E-state index is 12.8. The molecule has 0 aliphatic carbocycles. The molecule has 1 fully saturated rings. The van der Waals surface area contributed by atoms with Gasteiger partial charge in [-0.2, -0.15) is 9.71 Å². The Kier molecular flexibility index (Phi) is 3.38. The van der Waals surface area contributed by atoms with Gasteiger partial charge in [0.25, 0.3) is 11.4 Å². The van der Waals surface area contributed by atoms with Crippen molar-refractivity contribution >= 4 is 28.2 Å². The Labute approximate surface area is 152 Å². The van der Waals surface area contributed by atoms with E-state index in [9.17, 15) is 5.21 Å². The summed E-state index contributed by atoms with van der Waals surface area (Å²) in [5.74, 6) is 0.776. The van der Waals surface area contributed by atoms with Crippen LogP contribution in [0.1, 0.15) is 30.5 Å². The van der Waals surface area contributed by atoms with Crippen molar-refractivity contribution in [2.45, 2.75) is 25.9 Å². The standard InChI is InChI=1S/C17H14ClN5O3/c1-9-14-13(16-20-17(26-21-16)12-6-3-7-25-12)19-8-22(14)11-5-2-4-10(18)15(11)23(9)24/h2,4-5,8,12H,3,6-7H2,1H3. The zero-order valence-corrected chi connectivity index (χ0v) is 14.6. The first-order valence-corrected chi connectivity index (χ1v) is 8.66. The van der Waals surface area contributed by atoms with Crippen LogP contribution in [-0.2, 0) is 4.74 Å². The number of fused-ring (bicyclic) bond motifs is 3. The number of imidazole rings is 1. The number of aromatic nitrogens is 5. The summed E-state index contributed by atoms with van der Waals surface area (Å²) in [5.41, 5.74) is 2.63. The van der Waals surface area contributed by atoms with E-state index in [0.717, 1.165) is 17.6 Å². The number of benzene rings is 1. The van der Waals surface area contributed by atoms with Gasteiger partial charge < -0.3 is 14.5 Å². The Hall–Kier alpha value is -2.71. The zero-order valence-electron chi connectivity index (χ0n) is 13.8. The van der Waals surface area contributed by atoms with Crippen LogP contribution in [0.25, 0.3) is 28.1 Å². The normalized spacial score (nSPS) is 17.5. The molecule has 0 N–H and O–H groups in total. The maximum Gasteiger partial charge on any atom is 0.259 e. The predicted octanol–water partition coefficient (Wildman–Crippen LogP) is 2.98. The van der Waals surface area contributed by atoms with Crippen LogP contribution in [0.4, 0.5) is 0 Å². The lowest BCUT2D eigenvalue weighted by Crippen LogP contribution is -2.32. The molecule has 4 heterocycles. The molecule has 1 saturated heterocycles. The van der Waals surface area contributed by atoms with Gasteiger partial charge in [0.05, 0.1) is 0 Å². The number of rotatable bonds is 2. The van der Waals surface area contributed by atoms with Crippen molar-refractivity contribution in [3.63, 3.8) is 0 Å². The molecular formula is C17H14ClN5O3. The van der Waals surface area contributed by atoms with E-state index in [0.29, 0.717) is 51.3 Å². The molecule has 0 saturated carbocycles. The lowest BCUT2D eigenvalue weighted by atomic mass is 10.2. The quantitative estimate of drug-likeness (QED) is 0.397. The van der Waals surface area contributed by atoms with Crippen LogP contribution in [-0.4, -0.2) is 26.1 Å². The topological polar surface area (TPSA) is 92.4 Å². The number of nitrogens with zero attached hydrogens (tertiary/aromatic N) is 5. The monoisotopic (exact) mass is 371 g/mol. The van der Waals surface area contributed by atoms with Gasteiger partial charge in [-0.3, -0.25) is 4.40 Å². The lowest BCUT2D eigenvalue weighted by Gasteiger charge is -2.09. The maximum absolute atomic E-state index is 12.8. The van der Waals surface area contributed by atoms with E-state index in [2.05, 4.69) is 15.1 Å². The number of aryl methyl sites for hydroxylation is 1. The van der Waals surface area contributed by atoms with Crippen molar-refractivity contribution in [3.05, 3.63) is 46.3 Å². The Balaban J connectivity index is 1.74. The first-order valence-electron chi connectivity index (χ1n) is 8.28. The number of halogens is 1. The van der Waals surface area contributed by atoms with E-state index in [-0.39, 0.29) is 6.10 Å². The highest BCUT2D eigenvalue weighted by Crippen LogP contribution is 2.31. The van der Waals surface area contributed by atoms with Gasteiger partial charge in [0.2, 0.25) is 11.5 Å². The summed E-state index contributed by atoms with van der Waals surface area (Å²) in [6, 6.07) is 5.30. The van der Waals surface area contributed by atoms with E-state index in [4.69, 9.17) is 20.9 Å². The Bertz CT molecular complexity index is 1150. The van der Waals surface area contributed by atoms with Gasteiger partial charge in [-0.15, -0.1) is 0 Å². The second-order valence-electron chi connectivity index (χ2n) is 6.26. The molecule has 1 atom stereocenters. The molecule has 1 unspecified atom stereocenters. The summed E-state index contributed by atoms with van der Waals surface area (Å²) in [5, 5.41) is 17.2. The highest BCUT2D eigenvalue weighted by molar-refractivity contribution is 6.34. The van der Waals surface area contributed by atoms with Crippen molar-refractivity contribution in [1.29, 1.82) is 0 Å². The molecule has 0 spiro atoms. The Morgan fingerprint density at radius 3 is 3.08 bits per heavy atom. The molecule has 26 heavy (non-hydrogen) atoms. The van der Waals surface area contributed by atoms with Gasteiger partial charge in [0.1, 0.15) is 34.2 Å². The van der Waals surface area contributed by atoms with Crippen molar-refractivity contribution in [2.75, 3.05) is 6.61 Å². The summed E-state index contributed by atoms with van der Waals surface area (Å²) in [6.07, 6.45) is 3.29. The van der Waals surface area contributed by atoms with Crippen molar-refractivity contribution < 1.29 is 14.0 Å². The van der Waals surface area contributed by atoms with Crippen molar-refractivity contribution in [2.24, 2.45) is 0 Å². The van der Waals surface area contributed by atoms with E-state index in [1.807, 2.05) is 10.5 Å². The molecule has 0 amide bonds. The van der Waals surface area contributed by atoms with Crippen LogP contribution in [0.15, 0.2) is 29.0 Å². The smallest absolute Gasteiger partial charge is 0.259 e. The molecule has 0 radical (unpaired) electrons. The van der Waals surface area contributed by atoms with Gasteiger partial charge in [-0.25, -0.2) is 4.98 Å². The minimum absolute atomic E-state index is 0.171. The number of ether oxygens (including phenoxy) is 1. The van der Waals surface area contributed by atoms with Crippen LogP contribution in [0, 0.1) is 12.1 Å². The zero-order chi connectivity index (χ0) is 17.8. The molecule has 5 rings (SSSR count). The fraction of sp³-hybridized carbons (Fsp3) is 0.294. The van der Waals surface area contributed by atoms with Crippen molar-refractivity contribution in [3.8, 4) is 11.5 Å². The SMILES string of the molecule is Cc1c2c(-c3noc(C4CCCO4)n3)ncn2c2cccc(Cl)c2[n+]1[O-]. The molecule has 8 nitrogen and oxygen atoms in total. The average molecular weight is 372 g/mol. The van der Waals surface area contributed by atoms with E-state index in [1.165, 1.54) is 0 Å². The summed E-state index contributed by atoms with van der Waals surface area (Å²) in [6.45, 7) is 2.41. The van der Waals surface area contributed by atoms with Gasteiger partial charge in [-0.1, -0.05) is 22.8 Å². The molecule has 9 heteroatoms. The van der Waals surface area contributed by atoms with Crippen LogP contribution < -0.4 is 4.73 Å². The first-order chi connectivity index (χ1) is 12.6. The second-order valence-corrected chi connectivity index (χ2v) is 6.66.